The molecule has 0 bridgehead atoms. The maximum absolute atomic E-state index is 2.27. The Labute approximate surface area is 68.8 Å². The highest BCUT2D eigenvalue weighted by molar-refractivity contribution is 6.08. The molecule has 0 saturated carbocycles. The lowest BCUT2D eigenvalue weighted by atomic mass is 10.1. The van der Waals surface area contributed by atoms with Crippen molar-refractivity contribution in [1.29, 1.82) is 0 Å². The monoisotopic (exact) mass is 157 g/mol. The lowest BCUT2D eigenvalue weighted by Gasteiger charge is -1.97. The molecule has 1 radical (unpaired) electrons. The van der Waals surface area contributed by atoms with Crippen molar-refractivity contribution >= 4 is 10.2 Å². The lowest BCUT2D eigenvalue weighted by molar-refractivity contribution is 0.602. The van der Waals surface area contributed by atoms with Gasteiger partial charge in [-0.2, -0.15) is 0 Å². The summed E-state index contributed by atoms with van der Waals surface area (Å²) < 4.78 is 0. The van der Waals surface area contributed by atoms with Crippen molar-refractivity contribution in [3.63, 3.8) is 0 Å². The Morgan fingerprint density at radius 1 is 0.800 bits per heavy atom. The molecule has 0 heterocycles. The van der Waals surface area contributed by atoms with Gasteiger partial charge in [0, 0.05) is 10.2 Å². The van der Waals surface area contributed by atoms with E-state index in [2.05, 4.69) is 17.2 Å². The van der Waals surface area contributed by atoms with E-state index >= 15 is 0 Å². The molecule has 0 aliphatic heterocycles. The van der Waals surface area contributed by atoms with Gasteiger partial charge in [0.1, 0.15) is 0 Å². The predicted molar refractivity (Wildman–Crippen MR) is 51.3 cm³/mol. The molecule has 0 fully saturated rings. The van der Waals surface area contributed by atoms with Gasteiger partial charge in [-0.3, -0.25) is 0 Å². The Morgan fingerprint density at radius 2 is 1.30 bits per heavy atom. The minimum atomic E-state index is 1.37. The highest BCUT2D eigenvalue weighted by atomic mass is 28.1. The van der Waals surface area contributed by atoms with Gasteiger partial charge in [-0.15, -0.1) is 0 Å². The average Bonchev–Trinajstić information content (AvgIpc) is 1.97. The molecule has 0 unspecified atom stereocenters. The van der Waals surface area contributed by atoms with E-state index < -0.39 is 0 Å². The first-order chi connectivity index (χ1) is 4.91. The molecular weight excluding hydrogens is 136 g/mol. The van der Waals surface area contributed by atoms with E-state index in [1.165, 1.54) is 51.0 Å². The van der Waals surface area contributed by atoms with Crippen molar-refractivity contribution in [2.24, 2.45) is 0 Å². The van der Waals surface area contributed by atoms with Crippen LogP contribution in [0.3, 0.4) is 0 Å². The van der Waals surface area contributed by atoms with Crippen LogP contribution < -0.4 is 0 Å². The maximum Gasteiger partial charge on any atom is 0.00797 e. The van der Waals surface area contributed by atoms with Crippen LogP contribution in [-0.2, 0) is 0 Å². The third kappa shape index (κ3) is 8.22. The molecule has 1 heteroatoms. The Balaban J connectivity index is 2.65. The second-order valence-electron chi connectivity index (χ2n) is 2.97. The quantitative estimate of drug-likeness (QED) is 0.394. The third-order valence-corrected chi connectivity index (χ3v) is 2.35. The minimum Gasteiger partial charge on any atom is -0.0654 e. The van der Waals surface area contributed by atoms with Gasteiger partial charge in [0.2, 0.25) is 0 Å². The maximum atomic E-state index is 2.27. The smallest absolute Gasteiger partial charge is 0.00797 e. The fourth-order valence-electron chi connectivity index (χ4n) is 1.13. The SMILES string of the molecule is CCCCCCCCC[SiH2]. The Kier molecular flexibility index (Phi) is 9.42. The van der Waals surface area contributed by atoms with Crippen LogP contribution in [0, 0.1) is 0 Å². The Hall–Kier alpha value is 0.217. The van der Waals surface area contributed by atoms with Crippen LogP contribution in [0.25, 0.3) is 0 Å². The van der Waals surface area contributed by atoms with Gasteiger partial charge in [-0.25, -0.2) is 0 Å². The van der Waals surface area contributed by atoms with Gasteiger partial charge >= 0.3 is 0 Å². The normalized spacial score (nSPS) is 10.2. The van der Waals surface area contributed by atoms with E-state index in [-0.39, 0.29) is 0 Å². The predicted octanol–water partition coefficient (Wildman–Crippen LogP) is 2.79. The van der Waals surface area contributed by atoms with Crippen LogP contribution in [0.15, 0.2) is 0 Å². The first kappa shape index (κ1) is 10.2. The molecule has 0 aromatic rings. The molecule has 0 aliphatic carbocycles. The molecule has 0 aromatic carbocycles. The minimum absolute atomic E-state index is 1.37. The van der Waals surface area contributed by atoms with E-state index in [1.54, 1.807) is 0 Å². The molecule has 0 atom stereocenters. The molecular formula is C9H21Si. The summed E-state index contributed by atoms with van der Waals surface area (Å²) in [5.41, 5.74) is 0. The van der Waals surface area contributed by atoms with E-state index in [4.69, 9.17) is 0 Å². The third-order valence-electron chi connectivity index (χ3n) is 1.85. The lowest BCUT2D eigenvalue weighted by Crippen LogP contribution is -1.78. The van der Waals surface area contributed by atoms with Crippen molar-refractivity contribution in [2.45, 2.75) is 57.9 Å². The van der Waals surface area contributed by atoms with E-state index in [0.717, 1.165) is 0 Å². The summed E-state index contributed by atoms with van der Waals surface area (Å²) in [4.78, 5) is 0. The van der Waals surface area contributed by atoms with Crippen LogP contribution in [0.4, 0.5) is 0 Å². The van der Waals surface area contributed by atoms with Gasteiger partial charge < -0.3 is 0 Å². The van der Waals surface area contributed by atoms with Gasteiger partial charge in [0.15, 0.2) is 0 Å². The summed E-state index contributed by atoms with van der Waals surface area (Å²) in [7, 11) is 2.10. The zero-order valence-electron chi connectivity index (χ0n) is 7.36. The number of hydrogen-bond donors (Lipinski definition) is 0. The van der Waals surface area contributed by atoms with Crippen molar-refractivity contribution in [2.75, 3.05) is 0 Å². The molecule has 0 amide bonds. The van der Waals surface area contributed by atoms with Crippen LogP contribution in [0.2, 0.25) is 6.04 Å². The summed E-state index contributed by atoms with van der Waals surface area (Å²) in [5.74, 6) is 0. The molecule has 0 N–H and O–H groups in total. The fraction of sp³-hybridized carbons (Fsp3) is 1.00. The fourth-order valence-corrected chi connectivity index (χ4v) is 1.49. The molecule has 0 aliphatic rings. The van der Waals surface area contributed by atoms with E-state index in [9.17, 15) is 0 Å². The zero-order valence-corrected chi connectivity index (χ0v) is 8.78. The summed E-state index contributed by atoms with van der Waals surface area (Å²) in [6.45, 7) is 2.27. The number of hydrogen-bond acceptors (Lipinski definition) is 0. The molecule has 0 aromatic heterocycles. The van der Waals surface area contributed by atoms with Gasteiger partial charge in [-0.05, 0) is 0 Å². The number of rotatable bonds is 7. The van der Waals surface area contributed by atoms with E-state index in [0.29, 0.717) is 0 Å². The molecule has 0 nitrogen and oxygen atoms in total. The van der Waals surface area contributed by atoms with E-state index in [1.807, 2.05) is 0 Å². The highest BCUT2D eigenvalue weighted by Crippen LogP contribution is 2.07. The molecule has 10 heavy (non-hydrogen) atoms. The summed E-state index contributed by atoms with van der Waals surface area (Å²) >= 11 is 0. The Morgan fingerprint density at radius 3 is 1.80 bits per heavy atom. The summed E-state index contributed by atoms with van der Waals surface area (Å²) in [6.07, 6.45) is 10.1. The topological polar surface area (TPSA) is 0 Å². The van der Waals surface area contributed by atoms with Crippen LogP contribution >= 0.6 is 0 Å². The van der Waals surface area contributed by atoms with Crippen molar-refractivity contribution in [1.82, 2.24) is 0 Å². The average molecular weight is 157 g/mol. The largest absolute Gasteiger partial charge is 0.0654 e. The van der Waals surface area contributed by atoms with Crippen molar-refractivity contribution < 1.29 is 0 Å². The summed E-state index contributed by atoms with van der Waals surface area (Å²) in [6, 6.07) is 1.40. The van der Waals surface area contributed by atoms with Crippen LogP contribution in [0.1, 0.15) is 51.9 Å². The van der Waals surface area contributed by atoms with Crippen molar-refractivity contribution in [3.8, 4) is 0 Å². The van der Waals surface area contributed by atoms with Crippen LogP contribution in [-0.4, -0.2) is 10.2 Å². The first-order valence-corrected chi connectivity index (χ1v) is 5.71. The number of unbranched alkanes of at least 4 members (excludes halogenated alkanes) is 6. The highest BCUT2D eigenvalue weighted by Gasteiger charge is 1.87. The molecule has 61 valence electrons. The molecule has 0 rings (SSSR count). The molecule has 0 spiro atoms. The standard InChI is InChI=1S/C9H21Si/c1-2-3-4-5-6-7-8-9-10/h2-10H2,1H3. The van der Waals surface area contributed by atoms with Gasteiger partial charge in [0.25, 0.3) is 0 Å². The Bertz CT molecular complexity index is 44.7. The molecule has 0 saturated heterocycles. The van der Waals surface area contributed by atoms with Crippen LogP contribution in [0.5, 0.6) is 0 Å². The second-order valence-corrected chi connectivity index (χ2v) is 3.68. The van der Waals surface area contributed by atoms with Gasteiger partial charge in [-0.1, -0.05) is 57.9 Å². The van der Waals surface area contributed by atoms with Crippen molar-refractivity contribution in [3.05, 3.63) is 0 Å². The van der Waals surface area contributed by atoms with Gasteiger partial charge in [0.05, 0.1) is 0 Å². The second kappa shape index (κ2) is 9.22. The zero-order chi connectivity index (χ0) is 7.66. The first-order valence-electron chi connectivity index (χ1n) is 4.71. The summed E-state index contributed by atoms with van der Waals surface area (Å²) in [5, 5.41) is 0.